The molecule has 0 aliphatic carbocycles. The highest BCUT2D eigenvalue weighted by molar-refractivity contribution is 5.78. The van der Waals surface area contributed by atoms with Crippen LogP contribution in [0, 0.1) is 0 Å². The summed E-state index contributed by atoms with van der Waals surface area (Å²) in [6, 6.07) is 0. The first-order valence-corrected chi connectivity index (χ1v) is 17.8. The van der Waals surface area contributed by atoms with Gasteiger partial charge in [0.1, 0.15) is 11.2 Å². The minimum atomic E-state index is -0.601. The van der Waals surface area contributed by atoms with Crippen LogP contribution in [0.1, 0.15) is 41.5 Å². The minimum Gasteiger partial charge on any atom is -0.459 e. The molecular formula is C34H65N5O10. The van der Waals surface area contributed by atoms with Gasteiger partial charge in [-0.2, -0.15) is 0 Å². The predicted octanol–water partition coefficient (Wildman–Crippen LogP) is 0.104. The Labute approximate surface area is 294 Å². The summed E-state index contributed by atoms with van der Waals surface area (Å²) in [7, 11) is 0. The molecular weight excluding hydrogens is 638 g/mol. The van der Waals surface area contributed by atoms with Crippen molar-refractivity contribution in [3.63, 3.8) is 0 Å². The van der Waals surface area contributed by atoms with E-state index in [0.717, 1.165) is 0 Å². The third-order valence-corrected chi connectivity index (χ3v) is 7.43. The summed E-state index contributed by atoms with van der Waals surface area (Å²) >= 11 is 0. The smallest absolute Gasteiger partial charge is 0.320 e. The van der Waals surface area contributed by atoms with E-state index in [2.05, 4.69) is 15.1 Å². The van der Waals surface area contributed by atoms with Crippen molar-refractivity contribution in [2.24, 2.45) is 0 Å². The quantitative estimate of drug-likeness (QED) is 0.374. The molecule has 2 saturated heterocycles. The van der Waals surface area contributed by atoms with E-state index in [1.54, 1.807) is 4.90 Å². The van der Waals surface area contributed by atoms with Crippen LogP contribution >= 0.6 is 0 Å². The number of rotatable bonds is 6. The summed E-state index contributed by atoms with van der Waals surface area (Å²) in [6.45, 7) is 21.8. The Morgan fingerprint density at radius 3 is 1.18 bits per heavy atom. The summed E-state index contributed by atoms with van der Waals surface area (Å²) in [5, 5.41) is 3.46. The maximum atomic E-state index is 13.7. The molecule has 15 nitrogen and oxygen atoms in total. The minimum absolute atomic E-state index is 0.0134. The van der Waals surface area contributed by atoms with E-state index in [1.165, 1.54) is 0 Å². The number of carbonyl (C=O) groups is 3. The molecule has 2 aliphatic heterocycles. The second-order valence-corrected chi connectivity index (χ2v) is 14.2. The molecule has 0 unspecified atom stereocenters. The molecule has 2 fully saturated rings. The molecule has 2 heterocycles. The van der Waals surface area contributed by atoms with Gasteiger partial charge in [0.15, 0.2) is 0 Å². The van der Waals surface area contributed by atoms with Crippen LogP contribution < -0.4 is 5.32 Å². The fourth-order valence-electron chi connectivity index (χ4n) is 5.07. The van der Waals surface area contributed by atoms with Gasteiger partial charge in [0, 0.05) is 65.4 Å². The van der Waals surface area contributed by atoms with Gasteiger partial charge in [-0.1, -0.05) is 0 Å². The molecule has 49 heavy (non-hydrogen) atoms. The summed E-state index contributed by atoms with van der Waals surface area (Å²) in [5.74, 6) is -0.601. The Morgan fingerprint density at radius 2 is 0.816 bits per heavy atom. The monoisotopic (exact) mass is 703 g/mol. The van der Waals surface area contributed by atoms with Crippen molar-refractivity contribution in [3.8, 4) is 0 Å². The van der Waals surface area contributed by atoms with E-state index < -0.39 is 11.2 Å². The fourth-order valence-corrected chi connectivity index (χ4v) is 5.07. The molecule has 1 amide bonds. The highest BCUT2D eigenvalue weighted by atomic mass is 16.6. The molecule has 1 N–H and O–H groups in total. The lowest BCUT2D eigenvalue weighted by Crippen LogP contribution is -2.50. The van der Waals surface area contributed by atoms with Crippen LogP contribution in [0.25, 0.3) is 0 Å². The first-order valence-electron chi connectivity index (χ1n) is 17.8. The fraction of sp³-hybridized carbons (Fsp3) is 0.912. The lowest BCUT2D eigenvalue weighted by molar-refractivity contribution is -0.158. The molecule has 0 atom stereocenters. The molecule has 0 spiro atoms. The van der Waals surface area contributed by atoms with Crippen LogP contribution in [0.5, 0.6) is 0 Å². The van der Waals surface area contributed by atoms with Crippen LogP contribution in [0.15, 0.2) is 0 Å². The SMILES string of the molecule is CC(C)(C)OC(=O)CN1CCNCCN(CC(=O)N2CCOCCOCCOCCOCCOCC2)CCN(CC(=O)OC(C)(C)C)CC1. The Hall–Kier alpha value is -1.95. The number of hydrogen-bond donors (Lipinski definition) is 1. The van der Waals surface area contributed by atoms with E-state index in [9.17, 15) is 14.4 Å². The van der Waals surface area contributed by atoms with E-state index in [4.69, 9.17) is 33.2 Å². The molecule has 0 saturated carbocycles. The Balaban J connectivity index is 2.04. The third-order valence-electron chi connectivity index (χ3n) is 7.43. The summed E-state index contributed by atoms with van der Waals surface area (Å²) in [4.78, 5) is 47.2. The van der Waals surface area contributed by atoms with Crippen LogP contribution in [0.2, 0.25) is 0 Å². The third kappa shape index (κ3) is 23.2. The van der Waals surface area contributed by atoms with Gasteiger partial charge in [0.05, 0.1) is 85.7 Å². The van der Waals surface area contributed by atoms with E-state index >= 15 is 0 Å². The van der Waals surface area contributed by atoms with Crippen molar-refractivity contribution in [1.82, 2.24) is 24.9 Å². The van der Waals surface area contributed by atoms with Gasteiger partial charge in [-0.25, -0.2) is 0 Å². The van der Waals surface area contributed by atoms with Crippen molar-refractivity contribution >= 4 is 17.8 Å². The van der Waals surface area contributed by atoms with Crippen molar-refractivity contribution in [1.29, 1.82) is 0 Å². The lowest BCUT2D eigenvalue weighted by atomic mass is 10.2. The zero-order chi connectivity index (χ0) is 36.0. The molecule has 2 rings (SSSR count). The number of nitrogens with one attached hydrogen (secondary N) is 1. The van der Waals surface area contributed by atoms with Gasteiger partial charge >= 0.3 is 11.9 Å². The molecule has 0 aromatic carbocycles. The topological polar surface area (TPSA) is 141 Å². The van der Waals surface area contributed by atoms with E-state index in [-0.39, 0.29) is 37.5 Å². The van der Waals surface area contributed by atoms with Crippen LogP contribution in [-0.2, 0) is 47.5 Å². The second-order valence-electron chi connectivity index (χ2n) is 14.2. The zero-order valence-corrected chi connectivity index (χ0v) is 31.1. The average Bonchev–Trinajstić information content (AvgIpc) is 2.99. The van der Waals surface area contributed by atoms with Crippen LogP contribution in [-0.4, -0.2) is 200 Å². The van der Waals surface area contributed by atoms with Crippen molar-refractivity contribution < 1.29 is 47.5 Å². The van der Waals surface area contributed by atoms with Gasteiger partial charge in [-0.05, 0) is 41.5 Å². The molecule has 15 heteroatoms. The molecule has 2 aliphatic rings. The molecule has 0 bridgehead atoms. The van der Waals surface area contributed by atoms with Gasteiger partial charge in [-0.15, -0.1) is 0 Å². The molecule has 0 aromatic rings. The largest absolute Gasteiger partial charge is 0.459 e. The van der Waals surface area contributed by atoms with Crippen molar-refractivity contribution in [3.05, 3.63) is 0 Å². The maximum Gasteiger partial charge on any atom is 0.320 e. The Kier molecular flexibility index (Phi) is 21.4. The average molecular weight is 704 g/mol. The van der Waals surface area contributed by atoms with Gasteiger partial charge < -0.3 is 43.4 Å². The van der Waals surface area contributed by atoms with Crippen LogP contribution in [0.3, 0.4) is 0 Å². The predicted molar refractivity (Wildman–Crippen MR) is 185 cm³/mol. The molecule has 286 valence electrons. The number of nitrogens with zero attached hydrogens (tertiary/aromatic N) is 4. The first kappa shape index (κ1) is 43.2. The number of carbonyl (C=O) groups excluding carboxylic acids is 3. The zero-order valence-electron chi connectivity index (χ0n) is 31.1. The van der Waals surface area contributed by atoms with E-state index in [1.807, 2.05) is 46.4 Å². The summed E-state index contributed by atoms with van der Waals surface area (Å²) < 4.78 is 39.3. The molecule has 0 aromatic heterocycles. The van der Waals surface area contributed by atoms with Crippen molar-refractivity contribution in [2.75, 3.05) is 151 Å². The highest BCUT2D eigenvalue weighted by Crippen LogP contribution is 2.10. The van der Waals surface area contributed by atoms with Gasteiger partial charge in [-0.3, -0.25) is 29.1 Å². The number of hydrogen-bond acceptors (Lipinski definition) is 14. The first-order chi connectivity index (χ1) is 23.3. The van der Waals surface area contributed by atoms with Crippen molar-refractivity contribution in [2.45, 2.75) is 52.7 Å². The lowest BCUT2D eigenvalue weighted by Gasteiger charge is -2.32. The summed E-state index contributed by atoms with van der Waals surface area (Å²) in [6.07, 6.45) is 0. The maximum absolute atomic E-state index is 13.7. The Bertz CT molecular complexity index is 912. The van der Waals surface area contributed by atoms with Gasteiger partial charge in [0.25, 0.3) is 0 Å². The number of ether oxygens (including phenoxy) is 7. The molecule has 0 radical (unpaired) electrons. The number of esters is 2. The van der Waals surface area contributed by atoms with Gasteiger partial charge in [0.2, 0.25) is 5.91 Å². The second kappa shape index (κ2) is 24.3. The van der Waals surface area contributed by atoms with Crippen LogP contribution in [0.4, 0.5) is 0 Å². The Morgan fingerprint density at radius 1 is 0.490 bits per heavy atom. The van der Waals surface area contributed by atoms with E-state index in [0.29, 0.717) is 132 Å². The summed E-state index contributed by atoms with van der Waals surface area (Å²) in [5.41, 5.74) is -1.16. The normalized spacial score (nSPS) is 21.4. The highest BCUT2D eigenvalue weighted by Gasteiger charge is 2.24. The standard InChI is InChI=1S/C34H65N5O10/c1-33(2,3)48-31(41)28-37-10-8-35-7-9-36(11-13-38(14-12-37)29-32(42)49-34(4,5)6)27-30(40)39-15-17-43-19-21-45-23-25-47-26-24-46-22-20-44-18-16-39/h35H,7-29H2,1-6H3. The number of amides is 1.